The van der Waals surface area contributed by atoms with Crippen molar-refractivity contribution in [3.8, 4) is 0 Å². The summed E-state index contributed by atoms with van der Waals surface area (Å²) in [7, 11) is 1.99. The van der Waals surface area contributed by atoms with Gasteiger partial charge in [0.1, 0.15) is 0 Å². The molecule has 0 aromatic carbocycles. The monoisotopic (exact) mass is 310 g/mol. The number of hydrogen-bond acceptors (Lipinski definition) is 6. The molecule has 7 heteroatoms. The summed E-state index contributed by atoms with van der Waals surface area (Å²) in [5.74, 6) is 0. The van der Waals surface area contributed by atoms with Gasteiger partial charge in [-0.1, -0.05) is 0 Å². The first-order chi connectivity index (χ1) is 10.6. The Kier molecular flexibility index (Phi) is 5.10. The smallest absolute Gasteiger partial charge is 0.0966 e. The van der Waals surface area contributed by atoms with E-state index in [9.17, 15) is 10.2 Å². The van der Waals surface area contributed by atoms with E-state index in [4.69, 9.17) is 4.74 Å². The van der Waals surface area contributed by atoms with Crippen LogP contribution in [-0.2, 0) is 18.3 Å². The van der Waals surface area contributed by atoms with Crippen molar-refractivity contribution in [1.82, 2.24) is 19.4 Å². The van der Waals surface area contributed by atoms with Gasteiger partial charge in [-0.3, -0.25) is 9.80 Å². The van der Waals surface area contributed by atoms with Crippen LogP contribution in [0.4, 0.5) is 0 Å². The standard InChI is InChI=1S/C15H26N4O3/c1-17-11-16-8-12(17)9-18-3-2-14(20)15(21)13(10-18)19-4-6-22-7-5-19/h8,11,13-15,20-21H,2-7,9-10H2,1H3/t13-,14-,15+/m1/s1. The molecule has 1 aromatic rings. The van der Waals surface area contributed by atoms with Crippen LogP contribution < -0.4 is 0 Å². The van der Waals surface area contributed by atoms with Gasteiger partial charge in [-0.05, 0) is 6.42 Å². The second kappa shape index (κ2) is 7.06. The van der Waals surface area contributed by atoms with E-state index in [1.54, 1.807) is 6.33 Å². The lowest BCUT2D eigenvalue weighted by Crippen LogP contribution is -2.55. The molecule has 124 valence electrons. The Balaban J connectivity index is 1.71. The van der Waals surface area contributed by atoms with E-state index >= 15 is 0 Å². The van der Waals surface area contributed by atoms with E-state index in [0.717, 1.165) is 38.4 Å². The summed E-state index contributed by atoms with van der Waals surface area (Å²) in [6, 6.07) is -0.0466. The summed E-state index contributed by atoms with van der Waals surface area (Å²) in [5.41, 5.74) is 1.15. The lowest BCUT2D eigenvalue weighted by atomic mass is 10.0. The molecule has 3 heterocycles. The van der Waals surface area contributed by atoms with E-state index in [-0.39, 0.29) is 6.04 Å². The maximum atomic E-state index is 10.5. The average Bonchev–Trinajstić information content (AvgIpc) is 2.88. The van der Waals surface area contributed by atoms with Crippen molar-refractivity contribution >= 4 is 0 Å². The maximum Gasteiger partial charge on any atom is 0.0966 e. The number of aliphatic hydroxyl groups is 2. The zero-order chi connectivity index (χ0) is 15.5. The second-order valence-electron chi connectivity index (χ2n) is 6.29. The van der Waals surface area contributed by atoms with Gasteiger partial charge in [-0.25, -0.2) is 4.98 Å². The van der Waals surface area contributed by atoms with Gasteiger partial charge in [0.05, 0.1) is 43.5 Å². The van der Waals surface area contributed by atoms with Crippen LogP contribution in [0.5, 0.6) is 0 Å². The molecular weight excluding hydrogens is 284 g/mol. The van der Waals surface area contributed by atoms with Crippen LogP contribution in [0.15, 0.2) is 12.5 Å². The fraction of sp³-hybridized carbons (Fsp3) is 0.800. The molecule has 0 saturated carbocycles. The number of aliphatic hydroxyl groups excluding tert-OH is 2. The Labute approximate surface area is 131 Å². The summed E-state index contributed by atoms with van der Waals surface area (Å²) >= 11 is 0. The number of rotatable bonds is 3. The van der Waals surface area contributed by atoms with Gasteiger partial charge in [0.25, 0.3) is 0 Å². The predicted molar refractivity (Wildman–Crippen MR) is 81.3 cm³/mol. The number of aromatic nitrogens is 2. The third-order valence-electron chi connectivity index (χ3n) is 4.79. The molecule has 2 fully saturated rings. The zero-order valence-corrected chi connectivity index (χ0v) is 13.1. The van der Waals surface area contributed by atoms with Gasteiger partial charge in [0.15, 0.2) is 0 Å². The lowest BCUT2D eigenvalue weighted by molar-refractivity contribution is -0.0618. The minimum absolute atomic E-state index is 0.0466. The van der Waals surface area contributed by atoms with Crippen LogP contribution in [0.3, 0.4) is 0 Å². The first-order valence-electron chi connectivity index (χ1n) is 8.00. The summed E-state index contributed by atoms with van der Waals surface area (Å²) in [4.78, 5) is 8.71. The molecule has 7 nitrogen and oxygen atoms in total. The van der Waals surface area contributed by atoms with Gasteiger partial charge in [-0.2, -0.15) is 0 Å². The van der Waals surface area contributed by atoms with Crippen molar-refractivity contribution in [1.29, 1.82) is 0 Å². The largest absolute Gasteiger partial charge is 0.390 e. The zero-order valence-electron chi connectivity index (χ0n) is 13.1. The van der Waals surface area contributed by atoms with Crippen molar-refractivity contribution < 1.29 is 14.9 Å². The van der Waals surface area contributed by atoms with Gasteiger partial charge in [-0.15, -0.1) is 0 Å². The molecule has 1 aromatic heterocycles. The summed E-state index contributed by atoms with van der Waals surface area (Å²) in [6.45, 7) is 5.34. The highest BCUT2D eigenvalue weighted by molar-refractivity contribution is 4.99. The molecular formula is C15H26N4O3. The highest BCUT2D eigenvalue weighted by Gasteiger charge is 2.36. The Morgan fingerprint density at radius 1 is 1.27 bits per heavy atom. The summed E-state index contributed by atoms with van der Waals surface area (Å²) in [6.07, 6.45) is 2.91. The molecule has 0 radical (unpaired) electrons. The molecule has 2 aliphatic heterocycles. The molecule has 0 spiro atoms. The van der Waals surface area contributed by atoms with Gasteiger partial charge >= 0.3 is 0 Å². The predicted octanol–water partition coefficient (Wildman–Crippen LogP) is -0.952. The first kappa shape index (κ1) is 15.9. The topological polar surface area (TPSA) is 74.0 Å². The van der Waals surface area contributed by atoms with E-state index in [1.165, 1.54) is 0 Å². The minimum atomic E-state index is -0.699. The third-order valence-corrected chi connectivity index (χ3v) is 4.79. The Morgan fingerprint density at radius 3 is 2.73 bits per heavy atom. The highest BCUT2D eigenvalue weighted by Crippen LogP contribution is 2.20. The summed E-state index contributed by atoms with van der Waals surface area (Å²) in [5, 5.41) is 20.7. The fourth-order valence-electron chi connectivity index (χ4n) is 3.36. The number of hydrogen-bond donors (Lipinski definition) is 2. The van der Waals surface area contributed by atoms with Crippen LogP contribution in [-0.4, -0.2) is 87.2 Å². The van der Waals surface area contributed by atoms with Crippen molar-refractivity contribution in [2.45, 2.75) is 31.2 Å². The molecule has 22 heavy (non-hydrogen) atoms. The van der Waals surface area contributed by atoms with E-state index in [1.807, 2.05) is 17.8 Å². The van der Waals surface area contributed by atoms with Crippen molar-refractivity contribution in [2.75, 3.05) is 39.4 Å². The van der Waals surface area contributed by atoms with E-state index < -0.39 is 12.2 Å². The van der Waals surface area contributed by atoms with E-state index in [0.29, 0.717) is 19.6 Å². The summed E-state index contributed by atoms with van der Waals surface area (Å²) < 4.78 is 7.42. The minimum Gasteiger partial charge on any atom is -0.390 e. The van der Waals surface area contributed by atoms with Crippen LogP contribution >= 0.6 is 0 Å². The molecule has 2 aliphatic rings. The molecule has 2 saturated heterocycles. The van der Waals surface area contributed by atoms with Crippen LogP contribution in [0.2, 0.25) is 0 Å². The van der Waals surface area contributed by atoms with Crippen molar-refractivity contribution in [3.63, 3.8) is 0 Å². The van der Waals surface area contributed by atoms with Crippen LogP contribution in [0, 0.1) is 0 Å². The van der Waals surface area contributed by atoms with Gasteiger partial charge in [0, 0.05) is 46.0 Å². The molecule has 0 bridgehead atoms. The molecule has 0 unspecified atom stereocenters. The number of nitrogens with zero attached hydrogens (tertiary/aromatic N) is 4. The number of likely N-dealkylation sites (tertiary alicyclic amines) is 1. The van der Waals surface area contributed by atoms with Gasteiger partial charge in [0.2, 0.25) is 0 Å². The normalized spacial score (nSPS) is 32.0. The van der Waals surface area contributed by atoms with Gasteiger partial charge < -0.3 is 19.5 Å². The Morgan fingerprint density at radius 2 is 2.05 bits per heavy atom. The first-order valence-corrected chi connectivity index (χ1v) is 8.00. The molecule has 0 amide bonds. The molecule has 3 rings (SSSR count). The average molecular weight is 310 g/mol. The fourth-order valence-corrected chi connectivity index (χ4v) is 3.36. The lowest BCUT2D eigenvalue weighted by Gasteiger charge is -2.38. The Bertz CT molecular complexity index is 475. The van der Waals surface area contributed by atoms with Crippen molar-refractivity contribution in [3.05, 3.63) is 18.2 Å². The SMILES string of the molecule is Cn1cncc1CN1CC[C@@H](O)[C@@H](O)[C@H](N2CCOCC2)C1. The molecule has 0 aliphatic carbocycles. The number of imidazole rings is 1. The quantitative estimate of drug-likeness (QED) is 0.750. The Hall–Kier alpha value is -0.990. The molecule has 2 N–H and O–H groups in total. The number of morpholine rings is 1. The maximum absolute atomic E-state index is 10.5. The van der Waals surface area contributed by atoms with E-state index in [2.05, 4.69) is 14.8 Å². The second-order valence-corrected chi connectivity index (χ2v) is 6.29. The number of ether oxygens (including phenoxy) is 1. The number of aryl methyl sites for hydroxylation is 1. The highest BCUT2D eigenvalue weighted by atomic mass is 16.5. The van der Waals surface area contributed by atoms with Crippen molar-refractivity contribution in [2.24, 2.45) is 7.05 Å². The van der Waals surface area contributed by atoms with Crippen LogP contribution in [0.25, 0.3) is 0 Å². The third kappa shape index (κ3) is 3.49. The van der Waals surface area contributed by atoms with Crippen LogP contribution in [0.1, 0.15) is 12.1 Å². The molecule has 3 atom stereocenters.